The number of hydrogen-bond donors (Lipinski definition) is 1. The molecule has 0 atom stereocenters. The SMILES string of the molecule is Clc1cccc(CN2CCCNC3(CCCCC3)C2)c1Cl. The quantitative estimate of drug-likeness (QED) is 0.861. The van der Waals surface area contributed by atoms with Crippen LogP contribution in [0.2, 0.25) is 10.0 Å². The van der Waals surface area contributed by atoms with Crippen molar-refractivity contribution >= 4 is 23.2 Å². The summed E-state index contributed by atoms with van der Waals surface area (Å²) in [5.41, 5.74) is 1.48. The lowest BCUT2D eigenvalue weighted by molar-refractivity contribution is 0.159. The fourth-order valence-corrected chi connectivity index (χ4v) is 4.21. The first kappa shape index (κ1) is 15.6. The molecule has 21 heavy (non-hydrogen) atoms. The molecular weight excluding hydrogens is 303 g/mol. The summed E-state index contributed by atoms with van der Waals surface area (Å²) in [7, 11) is 0. The fraction of sp³-hybridized carbons (Fsp3) is 0.647. The zero-order chi connectivity index (χ0) is 14.7. The van der Waals surface area contributed by atoms with Crippen LogP contribution in [-0.2, 0) is 6.54 Å². The first-order chi connectivity index (χ1) is 10.2. The largest absolute Gasteiger partial charge is 0.310 e. The van der Waals surface area contributed by atoms with Crippen molar-refractivity contribution in [1.82, 2.24) is 10.2 Å². The molecule has 0 radical (unpaired) electrons. The maximum atomic E-state index is 6.36. The smallest absolute Gasteiger partial charge is 0.0637 e. The number of halogens is 2. The highest BCUT2D eigenvalue weighted by Crippen LogP contribution is 2.32. The van der Waals surface area contributed by atoms with Gasteiger partial charge in [0, 0.05) is 18.6 Å². The van der Waals surface area contributed by atoms with Gasteiger partial charge in [0.1, 0.15) is 0 Å². The Balaban J connectivity index is 1.73. The Morgan fingerprint density at radius 3 is 2.71 bits per heavy atom. The molecule has 2 fully saturated rings. The molecule has 2 nitrogen and oxygen atoms in total. The number of nitrogens with zero attached hydrogens (tertiary/aromatic N) is 1. The van der Waals surface area contributed by atoms with Crippen LogP contribution in [0, 0.1) is 0 Å². The molecule has 1 N–H and O–H groups in total. The highest BCUT2D eigenvalue weighted by atomic mass is 35.5. The Kier molecular flexibility index (Phi) is 5.11. The van der Waals surface area contributed by atoms with E-state index in [0.717, 1.165) is 31.7 Å². The summed E-state index contributed by atoms with van der Waals surface area (Å²) in [5.74, 6) is 0. The predicted molar refractivity (Wildman–Crippen MR) is 90.2 cm³/mol. The van der Waals surface area contributed by atoms with E-state index in [4.69, 9.17) is 23.2 Å². The van der Waals surface area contributed by atoms with E-state index >= 15 is 0 Å². The minimum Gasteiger partial charge on any atom is -0.310 e. The number of hydrogen-bond acceptors (Lipinski definition) is 2. The molecule has 1 aliphatic heterocycles. The fourth-order valence-electron chi connectivity index (χ4n) is 3.83. The van der Waals surface area contributed by atoms with E-state index in [0.29, 0.717) is 15.6 Å². The summed E-state index contributed by atoms with van der Waals surface area (Å²) >= 11 is 12.5. The minimum atomic E-state index is 0.333. The second-order valence-electron chi connectivity index (χ2n) is 6.54. The van der Waals surface area contributed by atoms with Crippen LogP contribution in [0.1, 0.15) is 44.1 Å². The van der Waals surface area contributed by atoms with Gasteiger partial charge < -0.3 is 5.32 Å². The van der Waals surface area contributed by atoms with Gasteiger partial charge >= 0.3 is 0 Å². The molecule has 0 aromatic heterocycles. The van der Waals surface area contributed by atoms with Gasteiger partial charge in [-0.1, -0.05) is 54.6 Å². The number of benzene rings is 1. The molecule has 3 rings (SSSR count). The zero-order valence-corrected chi connectivity index (χ0v) is 14.0. The molecule has 0 bridgehead atoms. The lowest BCUT2D eigenvalue weighted by atomic mass is 9.81. The van der Waals surface area contributed by atoms with Gasteiger partial charge in [-0.2, -0.15) is 0 Å². The first-order valence-electron chi connectivity index (χ1n) is 8.09. The summed E-state index contributed by atoms with van der Waals surface area (Å²) in [6.07, 6.45) is 7.95. The van der Waals surface area contributed by atoms with Gasteiger partial charge in [0.2, 0.25) is 0 Å². The van der Waals surface area contributed by atoms with E-state index in [-0.39, 0.29) is 0 Å². The van der Waals surface area contributed by atoms with E-state index in [1.54, 1.807) is 0 Å². The predicted octanol–water partition coefficient (Wildman–Crippen LogP) is 4.49. The summed E-state index contributed by atoms with van der Waals surface area (Å²) in [4.78, 5) is 2.56. The maximum absolute atomic E-state index is 6.36. The van der Waals surface area contributed by atoms with Crippen molar-refractivity contribution < 1.29 is 0 Å². The van der Waals surface area contributed by atoms with Crippen LogP contribution in [0.25, 0.3) is 0 Å². The van der Waals surface area contributed by atoms with E-state index in [1.807, 2.05) is 12.1 Å². The zero-order valence-electron chi connectivity index (χ0n) is 12.5. The van der Waals surface area contributed by atoms with Crippen LogP contribution in [0.5, 0.6) is 0 Å². The first-order valence-corrected chi connectivity index (χ1v) is 8.84. The molecule has 1 saturated carbocycles. The van der Waals surface area contributed by atoms with Crippen molar-refractivity contribution in [3.05, 3.63) is 33.8 Å². The van der Waals surface area contributed by atoms with Crippen LogP contribution < -0.4 is 5.32 Å². The molecule has 1 heterocycles. The molecule has 1 aromatic carbocycles. The molecule has 1 spiro atoms. The Hall–Kier alpha value is -0.280. The molecular formula is C17H24Cl2N2. The van der Waals surface area contributed by atoms with Gasteiger partial charge in [-0.05, 0) is 44.0 Å². The summed E-state index contributed by atoms with van der Waals surface area (Å²) in [5, 5.41) is 5.22. The Bertz CT molecular complexity index is 484. The van der Waals surface area contributed by atoms with Crippen LogP contribution in [0.4, 0.5) is 0 Å². The van der Waals surface area contributed by atoms with Crippen LogP contribution >= 0.6 is 23.2 Å². The van der Waals surface area contributed by atoms with Crippen molar-refractivity contribution in [3.8, 4) is 0 Å². The van der Waals surface area contributed by atoms with Gasteiger partial charge in [0.15, 0.2) is 0 Å². The van der Waals surface area contributed by atoms with Crippen molar-refractivity contribution in [2.75, 3.05) is 19.6 Å². The van der Waals surface area contributed by atoms with Gasteiger partial charge in [-0.15, -0.1) is 0 Å². The van der Waals surface area contributed by atoms with Gasteiger partial charge in [0.05, 0.1) is 10.0 Å². The lowest BCUT2D eigenvalue weighted by Gasteiger charge is -2.40. The van der Waals surface area contributed by atoms with E-state index in [2.05, 4.69) is 16.3 Å². The number of nitrogens with one attached hydrogen (secondary N) is 1. The third-order valence-corrected chi connectivity index (χ3v) is 5.77. The van der Waals surface area contributed by atoms with E-state index < -0.39 is 0 Å². The molecule has 4 heteroatoms. The minimum absolute atomic E-state index is 0.333. The van der Waals surface area contributed by atoms with Crippen molar-refractivity contribution in [2.24, 2.45) is 0 Å². The average Bonchev–Trinajstić information content (AvgIpc) is 2.67. The lowest BCUT2D eigenvalue weighted by Crippen LogP contribution is -2.52. The van der Waals surface area contributed by atoms with Crippen LogP contribution in [-0.4, -0.2) is 30.1 Å². The molecule has 1 aromatic rings. The van der Waals surface area contributed by atoms with Crippen molar-refractivity contribution in [3.63, 3.8) is 0 Å². The second-order valence-corrected chi connectivity index (χ2v) is 7.33. The third kappa shape index (κ3) is 3.73. The Morgan fingerprint density at radius 1 is 1.10 bits per heavy atom. The highest BCUT2D eigenvalue weighted by Gasteiger charge is 2.34. The van der Waals surface area contributed by atoms with Crippen molar-refractivity contribution in [2.45, 2.75) is 50.6 Å². The average molecular weight is 327 g/mol. The normalized spacial score (nSPS) is 23.1. The summed E-state index contributed by atoms with van der Waals surface area (Å²) in [6, 6.07) is 5.95. The third-order valence-electron chi connectivity index (χ3n) is 4.91. The van der Waals surface area contributed by atoms with Crippen LogP contribution in [0.15, 0.2) is 18.2 Å². The molecule has 2 aliphatic rings. The van der Waals surface area contributed by atoms with Crippen LogP contribution in [0.3, 0.4) is 0 Å². The summed E-state index contributed by atoms with van der Waals surface area (Å²) < 4.78 is 0. The topological polar surface area (TPSA) is 15.3 Å². The molecule has 1 aliphatic carbocycles. The highest BCUT2D eigenvalue weighted by molar-refractivity contribution is 6.42. The van der Waals surface area contributed by atoms with E-state index in [9.17, 15) is 0 Å². The maximum Gasteiger partial charge on any atom is 0.0637 e. The summed E-state index contributed by atoms with van der Waals surface area (Å²) in [6.45, 7) is 4.32. The standard InChI is InChI=1S/C17H24Cl2N2/c18-15-7-4-6-14(16(15)19)12-21-11-5-10-20-17(13-21)8-2-1-3-9-17/h4,6-7,20H,1-3,5,8-13H2. The van der Waals surface area contributed by atoms with Crippen molar-refractivity contribution in [1.29, 1.82) is 0 Å². The molecule has 116 valence electrons. The van der Waals surface area contributed by atoms with Gasteiger partial charge in [-0.3, -0.25) is 4.90 Å². The Morgan fingerprint density at radius 2 is 1.90 bits per heavy atom. The monoisotopic (exact) mass is 326 g/mol. The van der Waals surface area contributed by atoms with Gasteiger partial charge in [0.25, 0.3) is 0 Å². The Labute approximate surface area is 137 Å². The second kappa shape index (κ2) is 6.87. The molecule has 0 unspecified atom stereocenters. The van der Waals surface area contributed by atoms with E-state index in [1.165, 1.54) is 38.5 Å². The molecule has 0 amide bonds. The number of rotatable bonds is 2. The molecule has 1 saturated heterocycles. The van der Waals surface area contributed by atoms with Gasteiger partial charge in [-0.25, -0.2) is 0 Å².